The Balaban J connectivity index is 2.09. The van der Waals surface area contributed by atoms with Gasteiger partial charge in [-0.1, -0.05) is 25.7 Å². The van der Waals surface area contributed by atoms with Crippen LogP contribution in [0.15, 0.2) is 0 Å². The molecule has 2 aliphatic carbocycles. The van der Waals surface area contributed by atoms with Crippen LogP contribution in [0.5, 0.6) is 0 Å². The summed E-state index contributed by atoms with van der Waals surface area (Å²) in [5.74, 6) is 0.591. The van der Waals surface area contributed by atoms with Crippen LogP contribution in [-0.4, -0.2) is 5.78 Å². The molecule has 1 nitrogen and oxygen atoms in total. The lowest BCUT2D eigenvalue weighted by Crippen LogP contribution is -2.35. The topological polar surface area (TPSA) is 17.1 Å². The Morgan fingerprint density at radius 2 is 1.42 bits per heavy atom. The molecule has 1 spiro atoms. The molecule has 68 valence electrons. The highest BCUT2D eigenvalue weighted by atomic mass is 16.1. The van der Waals surface area contributed by atoms with Crippen molar-refractivity contribution in [3.8, 4) is 0 Å². The van der Waals surface area contributed by atoms with Gasteiger partial charge in [0, 0.05) is 11.8 Å². The molecule has 0 bridgehead atoms. The fourth-order valence-corrected chi connectivity index (χ4v) is 2.91. The fourth-order valence-electron chi connectivity index (χ4n) is 2.91. The van der Waals surface area contributed by atoms with Gasteiger partial charge >= 0.3 is 0 Å². The van der Waals surface area contributed by atoms with Gasteiger partial charge in [0.25, 0.3) is 0 Å². The van der Waals surface area contributed by atoms with Crippen molar-refractivity contribution in [1.82, 2.24) is 0 Å². The molecule has 0 N–H and O–H groups in total. The minimum Gasteiger partial charge on any atom is -0.299 e. The third-order valence-corrected chi connectivity index (χ3v) is 3.71. The Labute approximate surface area is 74.5 Å². The van der Waals surface area contributed by atoms with E-state index < -0.39 is 0 Å². The highest BCUT2D eigenvalue weighted by molar-refractivity contribution is 5.85. The predicted octanol–water partition coefficient (Wildman–Crippen LogP) is 3.08. The van der Waals surface area contributed by atoms with Crippen LogP contribution in [0.3, 0.4) is 0 Å². The van der Waals surface area contributed by atoms with Crippen molar-refractivity contribution in [3.63, 3.8) is 0 Å². The summed E-state index contributed by atoms with van der Waals surface area (Å²) in [6, 6.07) is 0. The van der Waals surface area contributed by atoms with Crippen molar-refractivity contribution in [2.75, 3.05) is 0 Å². The lowest BCUT2D eigenvalue weighted by molar-refractivity contribution is -0.133. The second-order valence-electron chi connectivity index (χ2n) is 4.47. The quantitative estimate of drug-likeness (QED) is 0.540. The van der Waals surface area contributed by atoms with Gasteiger partial charge in [0.05, 0.1) is 0 Å². The van der Waals surface area contributed by atoms with Gasteiger partial charge in [0.15, 0.2) is 0 Å². The van der Waals surface area contributed by atoms with Crippen molar-refractivity contribution in [2.24, 2.45) is 5.41 Å². The maximum absolute atomic E-state index is 11.8. The SMILES string of the molecule is O=C1CCCCC12CCCCC2. The Bertz CT molecular complexity index is 169. The first-order valence-corrected chi connectivity index (χ1v) is 5.37. The number of carbonyl (C=O) groups excluding carboxylic acids is 1. The lowest BCUT2D eigenvalue weighted by Gasteiger charge is -2.38. The molecule has 2 fully saturated rings. The summed E-state index contributed by atoms with van der Waals surface area (Å²) in [7, 11) is 0. The first-order valence-electron chi connectivity index (χ1n) is 5.37. The summed E-state index contributed by atoms with van der Waals surface area (Å²) in [4.78, 5) is 11.8. The summed E-state index contributed by atoms with van der Waals surface area (Å²) in [6.45, 7) is 0. The summed E-state index contributed by atoms with van der Waals surface area (Å²) in [5, 5.41) is 0. The number of ketones is 1. The Morgan fingerprint density at radius 1 is 0.833 bits per heavy atom. The van der Waals surface area contributed by atoms with Gasteiger partial charge in [0.1, 0.15) is 5.78 Å². The smallest absolute Gasteiger partial charge is 0.139 e. The zero-order valence-electron chi connectivity index (χ0n) is 7.77. The summed E-state index contributed by atoms with van der Waals surface area (Å²) < 4.78 is 0. The number of rotatable bonds is 0. The van der Waals surface area contributed by atoms with E-state index >= 15 is 0 Å². The second kappa shape index (κ2) is 3.20. The average Bonchev–Trinajstić information content (AvgIpc) is 2.12. The summed E-state index contributed by atoms with van der Waals surface area (Å²) >= 11 is 0. The maximum atomic E-state index is 11.8. The molecule has 0 saturated heterocycles. The Morgan fingerprint density at radius 3 is 2.08 bits per heavy atom. The molecule has 0 aliphatic heterocycles. The molecule has 0 radical (unpaired) electrons. The van der Waals surface area contributed by atoms with Gasteiger partial charge in [-0.25, -0.2) is 0 Å². The van der Waals surface area contributed by atoms with E-state index in [9.17, 15) is 4.79 Å². The summed E-state index contributed by atoms with van der Waals surface area (Å²) in [5.41, 5.74) is 0.177. The molecular weight excluding hydrogens is 148 g/mol. The third kappa shape index (κ3) is 1.30. The van der Waals surface area contributed by atoms with E-state index in [1.165, 1.54) is 44.9 Å². The van der Waals surface area contributed by atoms with Crippen molar-refractivity contribution < 1.29 is 4.79 Å². The van der Waals surface area contributed by atoms with E-state index in [0.717, 1.165) is 12.8 Å². The molecule has 2 saturated carbocycles. The van der Waals surface area contributed by atoms with Crippen LogP contribution in [-0.2, 0) is 4.79 Å². The summed E-state index contributed by atoms with van der Waals surface area (Å²) in [6.07, 6.45) is 10.9. The largest absolute Gasteiger partial charge is 0.299 e. The van der Waals surface area contributed by atoms with E-state index in [4.69, 9.17) is 0 Å². The first-order chi connectivity index (χ1) is 5.83. The third-order valence-electron chi connectivity index (χ3n) is 3.71. The lowest BCUT2D eigenvalue weighted by atomic mass is 9.65. The zero-order chi connectivity index (χ0) is 8.44. The molecule has 2 rings (SSSR count). The van der Waals surface area contributed by atoms with Crippen molar-refractivity contribution >= 4 is 5.78 Å². The molecular formula is C11H18O. The van der Waals surface area contributed by atoms with Crippen LogP contribution in [0.4, 0.5) is 0 Å². The number of carbonyl (C=O) groups is 1. The number of hydrogen-bond donors (Lipinski definition) is 0. The van der Waals surface area contributed by atoms with Gasteiger partial charge in [-0.3, -0.25) is 4.79 Å². The van der Waals surface area contributed by atoms with Gasteiger partial charge < -0.3 is 0 Å². The standard InChI is InChI=1S/C11H18O/c12-10-6-2-5-9-11(10)7-3-1-4-8-11/h1-9H2. The molecule has 2 aliphatic rings. The molecule has 0 aromatic rings. The Hall–Kier alpha value is -0.330. The van der Waals surface area contributed by atoms with Gasteiger partial charge in [0.2, 0.25) is 0 Å². The van der Waals surface area contributed by atoms with E-state index in [2.05, 4.69) is 0 Å². The van der Waals surface area contributed by atoms with Gasteiger partial charge in [-0.2, -0.15) is 0 Å². The zero-order valence-corrected chi connectivity index (χ0v) is 7.77. The maximum Gasteiger partial charge on any atom is 0.139 e. The van der Waals surface area contributed by atoms with Gasteiger partial charge in [-0.15, -0.1) is 0 Å². The van der Waals surface area contributed by atoms with Crippen LogP contribution < -0.4 is 0 Å². The van der Waals surface area contributed by atoms with Crippen LogP contribution in [0.1, 0.15) is 57.8 Å². The highest BCUT2D eigenvalue weighted by Gasteiger charge is 2.39. The van der Waals surface area contributed by atoms with E-state index in [0.29, 0.717) is 5.78 Å². The van der Waals surface area contributed by atoms with Crippen molar-refractivity contribution in [1.29, 1.82) is 0 Å². The molecule has 0 unspecified atom stereocenters. The van der Waals surface area contributed by atoms with Crippen LogP contribution >= 0.6 is 0 Å². The molecule has 0 aromatic carbocycles. The molecule has 12 heavy (non-hydrogen) atoms. The predicted molar refractivity (Wildman–Crippen MR) is 49.0 cm³/mol. The molecule has 1 heteroatoms. The fraction of sp³-hybridized carbons (Fsp3) is 0.909. The highest BCUT2D eigenvalue weighted by Crippen LogP contribution is 2.44. The first kappa shape index (κ1) is 8.28. The minimum atomic E-state index is 0.177. The van der Waals surface area contributed by atoms with Crippen molar-refractivity contribution in [3.05, 3.63) is 0 Å². The van der Waals surface area contributed by atoms with Crippen molar-refractivity contribution in [2.45, 2.75) is 57.8 Å². The normalized spacial score (nSPS) is 29.2. The number of hydrogen-bond acceptors (Lipinski definition) is 1. The van der Waals surface area contributed by atoms with Crippen LogP contribution in [0.2, 0.25) is 0 Å². The molecule has 0 atom stereocenters. The monoisotopic (exact) mass is 166 g/mol. The molecule has 0 aromatic heterocycles. The minimum absolute atomic E-state index is 0.177. The van der Waals surface area contributed by atoms with Crippen LogP contribution in [0, 0.1) is 5.41 Å². The average molecular weight is 166 g/mol. The molecule has 0 amide bonds. The van der Waals surface area contributed by atoms with Gasteiger partial charge in [-0.05, 0) is 25.7 Å². The van der Waals surface area contributed by atoms with E-state index in [-0.39, 0.29) is 5.41 Å². The van der Waals surface area contributed by atoms with E-state index in [1.54, 1.807) is 0 Å². The van der Waals surface area contributed by atoms with E-state index in [1.807, 2.05) is 0 Å². The second-order valence-corrected chi connectivity index (χ2v) is 4.47. The van der Waals surface area contributed by atoms with Crippen LogP contribution in [0.25, 0.3) is 0 Å². The Kier molecular flexibility index (Phi) is 2.20. The number of Topliss-reactive ketones (excluding diaryl/α,β-unsaturated/α-hetero) is 1. The molecule has 0 heterocycles.